The number of aromatic nitrogens is 1. The number of nitro groups is 2. The Hall–Kier alpha value is -3.51. The number of ether oxygens (including phenoxy) is 1. The summed E-state index contributed by atoms with van der Waals surface area (Å²) in [6.07, 6.45) is 2.11. The van der Waals surface area contributed by atoms with Gasteiger partial charge >= 0.3 is 11.4 Å². The Morgan fingerprint density at radius 2 is 1.73 bits per heavy atom. The zero-order chi connectivity index (χ0) is 22.1. The molecule has 0 aliphatic carbocycles. The molecule has 2 N–H and O–H groups in total. The lowest BCUT2D eigenvalue weighted by Gasteiger charge is -2.14. The molecule has 0 saturated heterocycles. The number of nitro benzene ring substituents is 2. The van der Waals surface area contributed by atoms with Crippen molar-refractivity contribution in [3.8, 4) is 5.75 Å². The molecule has 0 spiro atoms. The summed E-state index contributed by atoms with van der Waals surface area (Å²) in [6.45, 7) is 1.63. The lowest BCUT2D eigenvalue weighted by atomic mass is 10.1. The number of nitrogens with zero attached hydrogens (tertiary/aromatic N) is 2. The van der Waals surface area contributed by atoms with Crippen molar-refractivity contribution in [1.29, 1.82) is 0 Å². The van der Waals surface area contributed by atoms with Crippen molar-refractivity contribution < 1.29 is 23.0 Å². The van der Waals surface area contributed by atoms with Crippen molar-refractivity contribution in [1.82, 2.24) is 9.71 Å². The molecule has 1 aromatic heterocycles. The number of aromatic amines is 1. The fourth-order valence-electron chi connectivity index (χ4n) is 3.21. The van der Waals surface area contributed by atoms with Crippen LogP contribution in [0, 0.1) is 20.2 Å². The van der Waals surface area contributed by atoms with Crippen LogP contribution in [-0.2, 0) is 16.4 Å². The van der Waals surface area contributed by atoms with Gasteiger partial charge in [0.15, 0.2) is 0 Å². The Bertz CT molecular complexity index is 1200. The summed E-state index contributed by atoms with van der Waals surface area (Å²) >= 11 is 0. The SMILES string of the molecule is COc1c([N+](=O)[O-])cc(S(=O)(=O)NC(C)Cc2c[nH]c3ccccc23)cc1[N+](=O)[O-]. The van der Waals surface area contributed by atoms with Gasteiger partial charge in [-0.1, -0.05) is 18.2 Å². The van der Waals surface area contributed by atoms with E-state index in [4.69, 9.17) is 4.74 Å². The molecule has 1 unspecified atom stereocenters. The van der Waals surface area contributed by atoms with Crippen LogP contribution in [0.4, 0.5) is 11.4 Å². The smallest absolute Gasteiger partial charge is 0.319 e. The summed E-state index contributed by atoms with van der Waals surface area (Å²) in [7, 11) is -3.24. The molecule has 0 radical (unpaired) electrons. The van der Waals surface area contributed by atoms with Gasteiger partial charge < -0.3 is 9.72 Å². The molecule has 2 aromatic carbocycles. The zero-order valence-corrected chi connectivity index (χ0v) is 16.8. The molecule has 0 amide bonds. The highest BCUT2D eigenvalue weighted by Crippen LogP contribution is 2.39. The predicted octanol–water partition coefficient (Wildman–Crippen LogP) is 2.90. The number of hydrogen-bond acceptors (Lipinski definition) is 7. The van der Waals surface area contributed by atoms with Crippen LogP contribution in [0.15, 0.2) is 47.5 Å². The number of fused-ring (bicyclic) bond motifs is 1. The first kappa shape index (κ1) is 21.2. The Kier molecular flexibility index (Phi) is 5.71. The van der Waals surface area contributed by atoms with E-state index in [1.54, 1.807) is 13.1 Å². The van der Waals surface area contributed by atoms with Crippen LogP contribution >= 0.6 is 0 Å². The number of H-pyrrole nitrogens is 1. The summed E-state index contributed by atoms with van der Waals surface area (Å²) in [4.78, 5) is 23.2. The average molecular weight is 434 g/mol. The third kappa shape index (κ3) is 4.09. The van der Waals surface area contributed by atoms with Crippen molar-refractivity contribution >= 4 is 32.3 Å². The van der Waals surface area contributed by atoms with Crippen LogP contribution in [0.2, 0.25) is 0 Å². The summed E-state index contributed by atoms with van der Waals surface area (Å²) < 4.78 is 32.7. The minimum absolute atomic E-state index is 0.337. The Labute approximate surface area is 171 Å². The number of sulfonamides is 1. The minimum atomic E-state index is -4.28. The number of methoxy groups -OCH3 is 1. The number of rotatable bonds is 8. The van der Waals surface area contributed by atoms with Gasteiger partial charge in [-0.25, -0.2) is 13.1 Å². The largest absolute Gasteiger partial charge is 0.485 e. The second-order valence-corrected chi connectivity index (χ2v) is 8.31. The maximum Gasteiger partial charge on any atom is 0.319 e. The van der Waals surface area contributed by atoms with Gasteiger partial charge in [0.05, 0.1) is 21.9 Å². The van der Waals surface area contributed by atoms with Crippen LogP contribution in [0.5, 0.6) is 5.75 Å². The molecule has 0 bridgehead atoms. The van der Waals surface area contributed by atoms with Gasteiger partial charge in [0.2, 0.25) is 10.0 Å². The lowest BCUT2D eigenvalue weighted by Crippen LogP contribution is -2.34. The molecule has 158 valence electrons. The van der Waals surface area contributed by atoms with Crippen LogP contribution in [0.3, 0.4) is 0 Å². The highest BCUT2D eigenvalue weighted by atomic mass is 32.2. The molecule has 1 atom stereocenters. The van der Waals surface area contributed by atoms with Crippen LogP contribution in [-0.4, -0.2) is 36.4 Å². The predicted molar refractivity (Wildman–Crippen MR) is 108 cm³/mol. The lowest BCUT2D eigenvalue weighted by molar-refractivity contribution is -0.396. The normalized spacial score (nSPS) is 12.6. The number of benzene rings is 2. The standard InChI is InChI=1S/C18H18N4O7S/c1-11(7-12-10-19-15-6-4-3-5-14(12)15)20-30(27,28)13-8-16(21(23)24)18(29-2)17(9-13)22(25)26/h3-6,8-11,19-20H,7H2,1-2H3. The molecule has 3 aromatic rings. The van der Waals surface area contributed by atoms with Crippen LogP contribution < -0.4 is 9.46 Å². The van der Waals surface area contributed by atoms with Gasteiger partial charge in [-0.2, -0.15) is 0 Å². The van der Waals surface area contributed by atoms with Gasteiger partial charge in [0, 0.05) is 35.3 Å². The Balaban J connectivity index is 1.92. The molecule has 3 rings (SSSR count). The molecule has 12 heteroatoms. The first-order valence-electron chi connectivity index (χ1n) is 8.72. The monoisotopic (exact) mass is 434 g/mol. The maximum absolute atomic E-state index is 12.8. The van der Waals surface area contributed by atoms with Crippen molar-refractivity contribution in [2.45, 2.75) is 24.3 Å². The Morgan fingerprint density at radius 1 is 1.13 bits per heavy atom. The van der Waals surface area contributed by atoms with Crippen LogP contribution in [0.25, 0.3) is 10.9 Å². The van der Waals surface area contributed by atoms with Gasteiger partial charge in [-0.15, -0.1) is 0 Å². The first-order chi connectivity index (χ1) is 14.1. The first-order valence-corrected chi connectivity index (χ1v) is 10.2. The fraction of sp³-hybridized carbons (Fsp3) is 0.222. The second-order valence-electron chi connectivity index (χ2n) is 6.59. The summed E-state index contributed by atoms with van der Waals surface area (Å²) in [5, 5.41) is 23.5. The van der Waals surface area contributed by atoms with Crippen molar-refractivity contribution in [3.63, 3.8) is 0 Å². The van der Waals surface area contributed by atoms with Crippen molar-refractivity contribution in [2.75, 3.05) is 7.11 Å². The second kappa shape index (κ2) is 8.08. The van der Waals surface area contributed by atoms with Gasteiger partial charge in [0.1, 0.15) is 0 Å². The summed E-state index contributed by atoms with van der Waals surface area (Å²) in [6, 6.07) is 8.43. The minimum Gasteiger partial charge on any atom is -0.485 e. The molecule has 1 heterocycles. The molecular weight excluding hydrogens is 416 g/mol. The third-order valence-electron chi connectivity index (χ3n) is 4.49. The Morgan fingerprint density at radius 3 is 2.30 bits per heavy atom. The van der Waals surface area contributed by atoms with E-state index in [0.29, 0.717) is 6.42 Å². The molecule has 11 nitrogen and oxygen atoms in total. The van der Waals surface area contributed by atoms with E-state index >= 15 is 0 Å². The number of para-hydroxylation sites is 1. The molecule has 0 fully saturated rings. The molecule has 0 aliphatic rings. The van der Waals surface area contributed by atoms with E-state index in [9.17, 15) is 28.6 Å². The maximum atomic E-state index is 12.8. The van der Waals surface area contributed by atoms with E-state index < -0.39 is 47.9 Å². The summed E-state index contributed by atoms with van der Waals surface area (Å²) in [5.41, 5.74) is 0.171. The van der Waals surface area contributed by atoms with E-state index in [1.807, 2.05) is 24.3 Å². The third-order valence-corrected chi connectivity index (χ3v) is 6.06. The highest BCUT2D eigenvalue weighted by molar-refractivity contribution is 7.89. The quantitative estimate of drug-likeness (QED) is 0.407. The zero-order valence-electron chi connectivity index (χ0n) is 16.0. The van der Waals surface area contributed by atoms with E-state index in [2.05, 4.69) is 9.71 Å². The summed E-state index contributed by atoms with van der Waals surface area (Å²) in [5.74, 6) is -0.615. The number of nitrogens with one attached hydrogen (secondary N) is 2. The highest BCUT2D eigenvalue weighted by Gasteiger charge is 2.32. The molecule has 30 heavy (non-hydrogen) atoms. The van der Waals surface area contributed by atoms with E-state index in [-0.39, 0.29) is 0 Å². The average Bonchev–Trinajstić information content (AvgIpc) is 3.09. The topological polar surface area (TPSA) is 157 Å². The van der Waals surface area contributed by atoms with Gasteiger partial charge in [-0.3, -0.25) is 20.2 Å². The molecule has 0 saturated carbocycles. The van der Waals surface area contributed by atoms with Gasteiger partial charge in [-0.05, 0) is 25.0 Å². The van der Waals surface area contributed by atoms with Crippen molar-refractivity contribution in [2.24, 2.45) is 0 Å². The van der Waals surface area contributed by atoms with E-state index in [0.717, 1.165) is 35.7 Å². The number of hydrogen-bond donors (Lipinski definition) is 2. The van der Waals surface area contributed by atoms with Gasteiger partial charge in [0.25, 0.3) is 5.75 Å². The molecule has 0 aliphatic heterocycles. The van der Waals surface area contributed by atoms with E-state index in [1.165, 1.54) is 0 Å². The van der Waals surface area contributed by atoms with Crippen molar-refractivity contribution in [3.05, 3.63) is 68.4 Å². The van der Waals surface area contributed by atoms with Crippen LogP contribution in [0.1, 0.15) is 12.5 Å². The fourth-order valence-corrected chi connectivity index (χ4v) is 4.50. The molecular formula is C18H18N4O7S.